The van der Waals surface area contributed by atoms with Crippen LogP contribution in [0.3, 0.4) is 0 Å². The van der Waals surface area contributed by atoms with E-state index in [1.54, 1.807) is 0 Å². The molecule has 4 aromatic carbocycles. The van der Waals surface area contributed by atoms with E-state index in [0.717, 1.165) is 33.3 Å². The fraction of sp³-hybridized carbons (Fsp3) is 0. The van der Waals surface area contributed by atoms with Gasteiger partial charge in [0.1, 0.15) is 16.8 Å². The number of nitrogens with zero attached hydrogens (tertiary/aromatic N) is 1. The van der Waals surface area contributed by atoms with Crippen molar-refractivity contribution in [2.45, 2.75) is 0 Å². The first kappa shape index (κ1) is 16.9. The van der Waals surface area contributed by atoms with Gasteiger partial charge in [-0.1, -0.05) is 66.7 Å². The molecule has 4 heteroatoms. The molecular weight excluding hydrogens is 400 g/mol. The minimum atomic E-state index is 0.806. The van der Waals surface area contributed by atoms with E-state index < -0.39 is 0 Å². The number of H-pyrrole nitrogens is 1. The Labute approximate surface area is 181 Å². The molecule has 0 aliphatic carbocycles. The molecule has 3 heterocycles. The Hall–Kier alpha value is -3.89. The second kappa shape index (κ2) is 6.30. The number of aromatic nitrogens is 2. The molecule has 0 aliphatic rings. The Kier molecular flexibility index (Phi) is 3.43. The normalized spacial score (nSPS) is 11.9. The first-order chi connectivity index (χ1) is 15.3. The second-order valence-electron chi connectivity index (χ2n) is 7.76. The number of rotatable bonds is 2. The van der Waals surface area contributed by atoms with Crippen molar-refractivity contribution in [1.29, 1.82) is 0 Å². The first-order valence-corrected chi connectivity index (χ1v) is 11.0. The third kappa shape index (κ3) is 2.49. The van der Waals surface area contributed by atoms with Crippen LogP contribution in [0.4, 0.5) is 0 Å². The molecule has 31 heavy (non-hydrogen) atoms. The lowest BCUT2D eigenvalue weighted by atomic mass is 10.0. The van der Waals surface area contributed by atoms with Gasteiger partial charge in [0, 0.05) is 31.1 Å². The molecule has 0 bridgehead atoms. The zero-order chi connectivity index (χ0) is 20.4. The zero-order valence-electron chi connectivity index (χ0n) is 16.4. The number of benzene rings is 4. The van der Waals surface area contributed by atoms with Gasteiger partial charge in [0.25, 0.3) is 0 Å². The summed E-state index contributed by atoms with van der Waals surface area (Å²) in [7, 11) is 0. The van der Waals surface area contributed by atoms with Crippen LogP contribution in [0, 0.1) is 0 Å². The van der Waals surface area contributed by atoms with Crippen molar-refractivity contribution in [3.8, 4) is 22.4 Å². The van der Waals surface area contributed by atoms with Gasteiger partial charge >= 0.3 is 0 Å². The summed E-state index contributed by atoms with van der Waals surface area (Å²) < 4.78 is 8.82. The summed E-state index contributed by atoms with van der Waals surface area (Å²) in [5.74, 6) is 0. The molecule has 7 rings (SSSR count). The van der Waals surface area contributed by atoms with E-state index in [1.165, 1.54) is 31.3 Å². The van der Waals surface area contributed by atoms with Crippen LogP contribution in [0.5, 0.6) is 0 Å². The van der Waals surface area contributed by atoms with Gasteiger partial charge < -0.3 is 4.42 Å². The van der Waals surface area contributed by atoms with E-state index in [4.69, 9.17) is 4.42 Å². The molecule has 0 aliphatic heterocycles. The van der Waals surface area contributed by atoms with Gasteiger partial charge in [0.05, 0.1) is 0 Å². The van der Waals surface area contributed by atoms with Gasteiger partial charge in [-0.15, -0.1) is 11.3 Å². The fourth-order valence-corrected chi connectivity index (χ4v) is 5.56. The number of thiophene rings is 1. The molecule has 146 valence electrons. The summed E-state index contributed by atoms with van der Waals surface area (Å²) in [6.45, 7) is 0. The Balaban J connectivity index is 1.41. The molecule has 0 amide bonds. The molecule has 0 saturated heterocycles. The van der Waals surface area contributed by atoms with Crippen molar-refractivity contribution < 1.29 is 4.42 Å². The highest BCUT2D eigenvalue weighted by Gasteiger charge is 2.17. The number of aromatic amines is 1. The summed E-state index contributed by atoms with van der Waals surface area (Å²) in [4.78, 5) is 0. The molecule has 0 saturated carbocycles. The molecule has 0 fully saturated rings. The molecule has 3 nitrogen and oxygen atoms in total. The Morgan fingerprint density at radius 2 is 1.45 bits per heavy atom. The minimum absolute atomic E-state index is 0.806. The molecule has 7 aromatic rings. The summed E-state index contributed by atoms with van der Waals surface area (Å²) in [6, 6.07) is 31.8. The molecule has 0 spiro atoms. The van der Waals surface area contributed by atoms with Crippen LogP contribution >= 0.6 is 11.3 Å². The minimum Gasteiger partial charge on any atom is -0.452 e. The highest BCUT2D eigenvalue weighted by molar-refractivity contribution is 7.25. The lowest BCUT2D eigenvalue weighted by Crippen LogP contribution is -1.79. The number of nitrogens with one attached hydrogen (secondary N) is 1. The van der Waals surface area contributed by atoms with Crippen molar-refractivity contribution in [3.63, 3.8) is 0 Å². The van der Waals surface area contributed by atoms with E-state index in [2.05, 4.69) is 89.1 Å². The van der Waals surface area contributed by atoms with Crippen molar-refractivity contribution in [3.05, 3.63) is 91.0 Å². The predicted octanol–water partition coefficient (Wildman–Crippen LogP) is 8.01. The van der Waals surface area contributed by atoms with Crippen LogP contribution in [0.25, 0.3) is 64.6 Å². The Morgan fingerprint density at radius 3 is 2.39 bits per heavy atom. The Bertz CT molecular complexity index is 1740. The summed E-state index contributed by atoms with van der Waals surface area (Å²) in [5.41, 5.74) is 6.89. The largest absolute Gasteiger partial charge is 0.452 e. The maximum atomic E-state index is 6.25. The van der Waals surface area contributed by atoms with Crippen LogP contribution in [-0.2, 0) is 0 Å². The number of hydrogen-bond acceptors (Lipinski definition) is 3. The second-order valence-corrected chi connectivity index (χ2v) is 8.85. The van der Waals surface area contributed by atoms with Crippen molar-refractivity contribution in [1.82, 2.24) is 10.2 Å². The van der Waals surface area contributed by atoms with Gasteiger partial charge in [-0.3, -0.25) is 5.10 Å². The third-order valence-corrected chi connectivity index (χ3v) is 7.08. The van der Waals surface area contributed by atoms with E-state index >= 15 is 0 Å². The fourth-order valence-electron chi connectivity index (χ4n) is 4.42. The van der Waals surface area contributed by atoms with Crippen LogP contribution in [0.2, 0.25) is 0 Å². The van der Waals surface area contributed by atoms with Crippen molar-refractivity contribution in [2.24, 2.45) is 0 Å². The first-order valence-electron chi connectivity index (χ1n) is 10.2. The quantitative estimate of drug-likeness (QED) is 0.310. The standard InChI is InChI=1S/C27H16N2OS/c1-2-6-16(7-3-1)17-11-13-22-21(14-17)26-27(30-22)25(28-29-26)18-10-12-20-19-8-4-5-9-23(19)31-24(20)15-18/h1-15H,(H,28,29). The van der Waals surface area contributed by atoms with Crippen LogP contribution in [0.15, 0.2) is 95.4 Å². The monoisotopic (exact) mass is 416 g/mol. The molecular formula is C27H16N2OS. The Morgan fingerprint density at radius 1 is 0.645 bits per heavy atom. The molecule has 0 unspecified atom stereocenters. The van der Waals surface area contributed by atoms with Gasteiger partial charge in [0.15, 0.2) is 5.58 Å². The van der Waals surface area contributed by atoms with E-state index in [0.29, 0.717) is 0 Å². The van der Waals surface area contributed by atoms with E-state index in [1.807, 2.05) is 23.5 Å². The summed E-state index contributed by atoms with van der Waals surface area (Å²) in [6.07, 6.45) is 0. The van der Waals surface area contributed by atoms with Crippen LogP contribution < -0.4 is 0 Å². The van der Waals surface area contributed by atoms with Crippen LogP contribution in [-0.4, -0.2) is 10.2 Å². The SMILES string of the molecule is c1ccc(-c2ccc3oc4c(-c5ccc6c(c5)sc5ccccc56)n[nH]c4c3c2)cc1. The average molecular weight is 417 g/mol. The van der Waals surface area contributed by atoms with Crippen LogP contribution in [0.1, 0.15) is 0 Å². The highest BCUT2D eigenvalue weighted by atomic mass is 32.1. The van der Waals surface area contributed by atoms with Gasteiger partial charge in [-0.2, -0.15) is 5.10 Å². The number of furan rings is 1. The zero-order valence-corrected chi connectivity index (χ0v) is 17.2. The van der Waals surface area contributed by atoms with E-state index in [9.17, 15) is 0 Å². The highest BCUT2D eigenvalue weighted by Crippen LogP contribution is 2.39. The maximum absolute atomic E-state index is 6.25. The molecule has 1 N–H and O–H groups in total. The van der Waals surface area contributed by atoms with Gasteiger partial charge in [-0.25, -0.2) is 0 Å². The lowest BCUT2D eigenvalue weighted by Gasteiger charge is -2.00. The van der Waals surface area contributed by atoms with E-state index in [-0.39, 0.29) is 0 Å². The molecule has 0 radical (unpaired) electrons. The van der Waals surface area contributed by atoms with Gasteiger partial charge in [0.2, 0.25) is 0 Å². The van der Waals surface area contributed by atoms with Gasteiger partial charge in [-0.05, 0) is 35.4 Å². The molecule has 0 atom stereocenters. The smallest absolute Gasteiger partial charge is 0.181 e. The maximum Gasteiger partial charge on any atom is 0.181 e. The number of hydrogen-bond donors (Lipinski definition) is 1. The van der Waals surface area contributed by atoms with Crippen molar-refractivity contribution in [2.75, 3.05) is 0 Å². The third-order valence-electron chi connectivity index (χ3n) is 5.94. The molecule has 3 aromatic heterocycles. The average Bonchev–Trinajstić information content (AvgIpc) is 3.50. The summed E-state index contributed by atoms with van der Waals surface area (Å²) in [5, 5.41) is 11.5. The number of fused-ring (bicyclic) bond motifs is 6. The summed E-state index contributed by atoms with van der Waals surface area (Å²) >= 11 is 1.81. The van der Waals surface area contributed by atoms with Crippen molar-refractivity contribution >= 4 is 53.6 Å². The topological polar surface area (TPSA) is 41.8 Å². The lowest BCUT2D eigenvalue weighted by molar-refractivity contribution is 0.670. The predicted molar refractivity (Wildman–Crippen MR) is 130 cm³/mol.